The van der Waals surface area contributed by atoms with Crippen LogP contribution in [0.2, 0.25) is 0 Å². The minimum absolute atomic E-state index is 0.0527. The third-order valence-corrected chi connectivity index (χ3v) is 4.57. The van der Waals surface area contributed by atoms with Crippen molar-refractivity contribution in [2.75, 3.05) is 13.7 Å². The molecule has 2 rings (SSSR count). The number of hydrogen-bond acceptors (Lipinski definition) is 3. The van der Waals surface area contributed by atoms with Crippen molar-refractivity contribution in [3.63, 3.8) is 0 Å². The average Bonchev–Trinajstić information content (AvgIpc) is 2.95. The molecule has 1 heterocycles. The number of halogens is 1. The topological polar surface area (TPSA) is 21.3 Å². The van der Waals surface area contributed by atoms with Crippen LogP contribution in [0.3, 0.4) is 0 Å². The Hall–Kier alpha value is -1.39. The molecule has 1 aromatic carbocycles. The Kier molecular flexibility index (Phi) is 4.78. The smallest absolute Gasteiger partial charge is 0.131 e. The first-order chi connectivity index (χ1) is 9.53. The van der Waals surface area contributed by atoms with E-state index in [-0.39, 0.29) is 11.2 Å². The normalized spacial score (nSPS) is 11.6. The number of benzene rings is 1. The lowest BCUT2D eigenvalue weighted by Crippen LogP contribution is -2.32. The lowest BCUT2D eigenvalue weighted by Gasteiger charge is -2.23. The molecule has 0 aliphatic carbocycles. The van der Waals surface area contributed by atoms with Gasteiger partial charge in [-0.2, -0.15) is 0 Å². The van der Waals surface area contributed by atoms with E-state index in [2.05, 4.69) is 36.7 Å². The maximum Gasteiger partial charge on any atom is 0.131 e. The first-order valence-corrected chi connectivity index (χ1v) is 7.48. The Morgan fingerprint density at radius 2 is 2.10 bits per heavy atom. The number of rotatable bonds is 6. The van der Waals surface area contributed by atoms with Gasteiger partial charge < -0.3 is 10.1 Å². The van der Waals surface area contributed by atoms with Crippen molar-refractivity contribution in [1.29, 1.82) is 0 Å². The maximum atomic E-state index is 13.8. The summed E-state index contributed by atoms with van der Waals surface area (Å²) in [6.45, 7) is 5.70. The predicted molar refractivity (Wildman–Crippen MR) is 82.0 cm³/mol. The molecule has 4 heteroatoms. The van der Waals surface area contributed by atoms with Gasteiger partial charge in [0.2, 0.25) is 0 Å². The van der Waals surface area contributed by atoms with E-state index in [9.17, 15) is 4.39 Å². The van der Waals surface area contributed by atoms with E-state index < -0.39 is 0 Å². The number of thiophene rings is 1. The Morgan fingerprint density at radius 3 is 2.70 bits per heavy atom. The summed E-state index contributed by atoms with van der Waals surface area (Å²) in [6.07, 6.45) is 0. The van der Waals surface area contributed by atoms with Gasteiger partial charge in [-0.15, -0.1) is 11.3 Å². The molecule has 0 aliphatic rings. The molecule has 1 N–H and O–H groups in total. The van der Waals surface area contributed by atoms with Crippen LogP contribution in [0.4, 0.5) is 4.39 Å². The summed E-state index contributed by atoms with van der Waals surface area (Å²) in [5.41, 5.74) is 0.713. The molecule has 2 aromatic rings. The van der Waals surface area contributed by atoms with E-state index in [0.717, 1.165) is 6.54 Å². The highest BCUT2D eigenvalue weighted by Gasteiger charge is 2.21. The monoisotopic (exact) mass is 293 g/mol. The van der Waals surface area contributed by atoms with Crippen molar-refractivity contribution < 1.29 is 9.13 Å². The molecule has 2 nitrogen and oxygen atoms in total. The molecule has 1 aromatic heterocycles. The SMILES string of the molecule is COc1ccc(CNCC(C)(C)c2cccs2)c(F)c1. The first-order valence-electron chi connectivity index (χ1n) is 6.60. The molecule has 0 saturated carbocycles. The van der Waals surface area contributed by atoms with Crippen LogP contribution < -0.4 is 10.1 Å². The molecular formula is C16H20FNOS. The van der Waals surface area contributed by atoms with Gasteiger partial charge in [-0.05, 0) is 17.5 Å². The van der Waals surface area contributed by atoms with Gasteiger partial charge in [0.25, 0.3) is 0 Å². The molecule has 0 radical (unpaired) electrons. The molecular weight excluding hydrogens is 273 g/mol. The number of methoxy groups -OCH3 is 1. The largest absolute Gasteiger partial charge is 0.497 e. The molecule has 0 fully saturated rings. The third kappa shape index (κ3) is 3.58. The van der Waals surface area contributed by atoms with Gasteiger partial charge in [-0.1, -0.05) is 26.0 Å². The molecule has 0 aliphatic heterocycles. The number of nitrogens with one attached hydrogen (secondary N) is 1. The summed E-state index contributed by atoms with van der Waals surface area (Å²) in [6, 6.07) is 9.16. The van der Waals surface area contributed by atoms with Gasteiger partial charge in [0, 0.05) is 35.0 Å². The molecule has 0 spiro atoms. The molecule has 0 amide bonds. The number of hydrogen-bond donors (Lipinski definition) is 1. The van der Waals surface area contributed by atoms with Gasteiger partial charge >= 0.3 is 0 Å². The van der Waals surface area contributed by atoms with Crippen LogP contribution >= 0.6 is 11.3 Å². The second-order valence-electron chi connectivity index (χ2n) is 5.42. The van der Waals surface area contributed by atoms with E-state index in [1.54, 1.807) is 23.5 Å². The van der Waals surface area contributed by atoms with E-state index in [0.29, 0.717) is 17.9 Å². The minimum Gasteiger partial charge on any atom is -0.497 e. The van der Waals surface area contributed by atoms with E-state index in [4.69, 9.17) is 4.74 Å². The second kappa shape index (κ2) is 6.37. The second-order valence-corrected chi connectivity index (χ2v) is 6.37. The van der Waals surface area contributed by atoms with Gasteiger partial charge in [0.1, 0.15) is 11.6 Å². The maximum absolute atomic E-state index is 13.8. The van der Waals surface area contributed by atoms with E-state index in [1.807, 2.05) is 0 Å². The predicted octanol–water partition coefficient (Wildman–Crippen LogP) is 3.96. The molecule has 20 heavy (non-hydrogen) atoms. The van der Waals surface area contributed by atoms with Crippen molar-refractivity contribution in [3.8, 4) is 5.75 Å². The lowest BCUT2D eigenvalue weighted by atomic mass is 9.91. The van der Waals surface area contributed by atoms with Crippen molar-refractivity contribution in [3.05, 3.63) is 52.0 Å². The molecule has 108 valence electrons. The fourth-order valence-electron chi connectivity index (χ4n) is 2.06. The van der Waals surface area contributed by atoms with Gasteiger partial charge in [-0.25, -0.2) is 4.39 Å². The van der Waals surface area contributed by atoms with Crippen LogP contribution in [-0.4, -0.2) is 13.7 Å². The van der Waals surface area contributed by atoms with Crippen LogP contribution in [0.5, 0.6) is 5.75 Å². The minimum atomic E-state index is -0.231. The highest BCUT2D eigenvalue weighted by atomic mass is 32.1. The zero-order chi connectivity index (χ0) is 14.6. The van der Waals surface area contributed by atoms with Gasteiger partial charge in [0.15, 0.2) is 0 Å². The van der Waals surface area contributed by atoms with Crippen molar-refractivity contribution in [2.24, 2.45) is 0 Å². The Bertz CT molecular complexity index is 552. The first kappa shape index (κ1) is 15.0. The number of ether oxygens (including phenoxy) is 1. The summed E-state index contributed by atoms with van der Waals surface area (Å²) < 4.78 is 18.8. The quantitative estimate of drug-likeness (QED) is 0.870. The molecule has 0 atom stereocenters. The zero-order valence-corrected chi connectivity index (χ0v) is 12.9. The third-order valence-electron chi connectivity index (χ3n) is 3.33. The Labute approximate surface area is 123 Å². The van der Waals surface area contributed by atoms with Crippen molar-refractivity contribution in [2.45, 2.75) is 25.8 Å². The Balaban J connectivity index is 1.93. The van der Waals surface area contributed by atoms with Crippen molar-refractivity contribution >= 4 is 11.3 Å². The summed E-state index contributed by atoms with van der Waals surface area (Å²) in [4.78, 5) is 1.33. The highest BCUT2D eigenvalue weighted by molar-refractivity contribution is 7.10. The zero-order valence-electron chi connectivity index (χ0n) is 12.1. The van der Waals surface area contributed by atoms with Crippen LogP contribution in [0.1, 0.15) is 24.3 Å². The van der Waals surface area contributed by atoms with Crippen LogP contribution in [0, 0.1) is 5.82 Å². The van der Waals surface area contributed by atoms with E-state index >= 15 is 0 Å². The van der Waals surface area contributed by atoms with Crippen LogP contribution in [0.15, 0.2) is 35.7 Å². The van der Waals surface area contributed by atoms with Crippen LogP contribution in [0.25, 0.3) is 0 Å². The standard InChI is InChI=1S/C16H20FNOS/c1-16(2,15-5-4-8-20-15)11-18-10-12-6-7-13(19-3)9-14(12)17/h4-9,18H,10-11H2,1-3H3. The average molecular weight is 293 g/mol. The summed E-state index contributed by atoms with van der Waals surface area (Å²) in [5, 5.41) is 5.42. The van der Waals surface area contributed by atoms with Gasteiger partial charge in [-0.3, -0.25) is 0 Å². The molecule has 0 bridgehead atoms. The van der Waals surface area contributed by atoms with Gasteiger partial charge in [0.05, 0.1) is 7.11 Å². The Morgan fingerprint density at radius 1 is 1.30 bits per heavy atom. The fourth-order valence-corrected chi connectivity index (χ4v) is 2.91. The van der Waals surface area contributed by atoms with Crippen LogP contribution in [-0.2, 0) is 12.0 Å². The lowest BCUT2D eigenvalue weighted by molar-refractivity contribution is 0.410. The fraction of sp³-hybridized carbons (Fsp3) is 0.375. The summed E-state index contributed by atoms with van der Waals surface area (Å²) in [7, 11) is 1.54. The molecule has 0 saturated heterocycles. The summed E-state index contributed by atoms with van der Waals surface area (Å²) >= 11 is 1.75. The van der Waals surface area contributed by atoms with E-state index in [1.165, 1.54) is 18.1 Å². The highest BCUT2D eigenvalue weighted by Crippen LogP contribution is 2.26. The molecule has 0 unspecified atom stereocenters. The van der Waals surface area contributed by atoms with Crippen molar-refractivity contribution in [1.82, 2.24) is 5.32 Å². The summed E-state index contributed by atoms with van der Waals surface area (Å²) in [5.74, 6) is 0.316.